The molecule has 6 nitrogen and oxygen atoms in total. The lowest BCUT2D eigenvalue weighted by Crippen LogP contribution is -2.25. The number of nitrogens with zero attached hydrogens (tertiary/aromatic N) is 2. The van der Waals surface area contributed by atoms with Gasteiger partial charge in [0.1, 0.15) is 0 Å². The Balaban J connectivity index is 1.12. The Labute approximate surface area is 174 Å². The Hall–Kier alpha value is -1.72. The number of carbonyl (C=O) groups is 2. The molecule has 160 valence electrons. The van der Waals surface area contributed by atoms with Crippen LogP contribution in [0.4, 0.5) is 0 Å². The summed E-state index contributed by atoms with van der Waals surface area (Å²) in [5.41, 5.74) is 7.50. The maximum atomic E-state index is 12.0. The van der Waals surface area contributed by atoms with Crippen molar-refractivity contribution < 1.29 is 9.59 Å². The highest BCUT2D eigenvalue weighted by Gasteiger charge is 2.41. The number of rotatable bonds is 8. The quantitative estimate of drug-likeness (QED) is 0.477. The van der Waals surface area contributed by atoms with E-state index in [0.29, 0.717) is 31.1 Å². The Morgan fingerprint density at radius 3 is 1.52 bits per heavy atom. The molecule has 0 aromatic carbocycles. The first-order valence-electron chi connectivity index (χ1n) is 11.7. The van der Waals surface area contributed by atoms with Crippen LogP contribution < -0.4 is 10.9 Å². The molecule has 0 radical (unpaired) electrons. The summed E-state index contributed by atoms with van der Waals surface area (Å²) in [7, 11) is 0. The van der Waals surface area contributed by atoms with Crippen molar-refractivity contribution in [3.05, 3.63) is 0 Å². The van der Waals surface area contributed by atoms with Crippen LogP contribution in [-0.2, 0) is 9.59 Å². The van der Waals surface area contributed by atoms with Crippen molar-refractivity contribution in [2.45, 2.75) is 84.5 Å². The molecule has 6 unspecified atom stereocenters. The van der Waals surface area contributed by atoms with Crippen molar-refractivity contribution in [3.63, 3.8) is 0 Å². The van der Waals surface area contributed by atoms with Crippen molar-refractivity contribution in [1.29, 1.82) is 0 Å². The van der Waals surface area contributed by atoms with E-state index in [1.54, 1.807) is 0 Å². The van der Waals surface area contributed by atoms with Crippen molar-refractivity contribution >= 4 is 23.2 Å². The summed E-state index contributed by atoms with van der Waals surface area (Å²) < 4.78 is 0. The average molecular weight is 401 g/mol. The monoisotopic (exact) mass is 400 g/mol. The molecule has 29 heavy (non-hydrogen) atoms. The lowest BCUT2D eigenvalue weighted by molar-refractivity contribution is -0.122. The van der Waals surface area contributed by atoms with Crippen LogP contribution >= 0.6 is 0 Å². The van der Waals surface area contributed by atoms with Crippen molar-refractivity contribution in [1.82, 2.24) is 10.9 Å². The molecular formula is C23H36N4O2. The van der Waals surface area contributed by atoms with Crippen LogP contribution in [0.1, 0.15) is 84.5 Å². The lowest BCUT2D eigenvalue weighted by atomic mass is 9.86. The van der Waals surface area contributed by atoms with Crippen LogP contribution in [0.5, 0.6) is 0 Å². The SMILES string of the molecule is CC(=NNC(=O)CCCC(=O)NN=C(C)C1CC2CCC1C2)C1CC2CCC1C2. The van der Waals surface area contributed by atoms with Gasteiger partial charge in [-0.15, -0.1) is 0 Å². The van der Waals surface area contributed by atoms with E-state index >= 15 is 0 Å². The summed E-state index contributed by atoms with van der Waals surface area (Å²) >= 11 is 0. The third-order valence-electron chi connectivity index (χ3n) is 8.07. The van der Waals surface area contributed by atoms with Gasteiger partial charge in [-0.1, -0.05) is 12.8 Å². The first kappa shape index (κ1) is 20.5. The van der Waals surface area contributed by atoms with Crippen molar-refractivity contribution in [2.24, 2.45) is 45.7 Å². The minimum absolute atomic E-state index is 0.109. The molecule has 0 aromatic rings. The number of nitrogens with one attached hydrogen (secondary N) is 2. The standard InChI is InChI=1S/C23H36N4O2/c1-14(20-12-16-6-8-18(20)10-16)24-26-22(28)4-3-5-23(29)27-25-15(2)21-13-17-7-9-19(21)11-17/h16-21H,3-13H2,1-2H3,(H,26,28)(H,27,29). The summed E-state index contributed by atoms with van der Waals surface area (Å²) in [5.74, 6) is 4.18. The predicted octanol–water partition coefficient (Wildman–Crippen LogP) is 4.01. The van der Waals surface area contributed by atoms with Crippen LogP contribution in [0.2, 0.25) is 0 Å². The summed E-state index contributed by atoms with van der Waals surface area (Å²) in [5, 5.41) is 8.68. The van der Waals surface area contributed by atoms with Gasteiger partial charge >= 0.3 is 0 Å². The zero-order valence-electron chi connectivity index (χ0n) is 18.0. The minimum Gasteiger partial charge on any atom is -0.273 e. The highest BCUT2D eigenvalue weighted by atomic mass is 16.2. The van der Waals surface area contributed by atoms with E-state index in [4.69, 9.17) is 0 Å². The number of hydrogen-bond acceptors (Lipinski definition) is 4. The fraction of sp³-hybridized carbons (Fsp3) is 0.826. The minimum atomic E-state index is -0.109. The van der Waals surface area contributed by atoms with Gasteiger partial charge in [0.15, 0.2) is 0 Å². The smallest absolute Gasteiger partial charge is 0.240 e. The second-order valence-corrected chi connectivity index (χ2v) is 9.99. The maximum Gasteiger partial charge on any atom is 0.240 e. The van der Waals surface area contributed by atoms with Gasteiger partial charge in [-0.2, -0.15) is 10.2 Å². The fourth-order valence-corrected chi connectivity index (χ4v) is 6.50. The van der Waals surface area contributed by atoms with Gasteiger partial charge in [-0.3, -0.25) is 9.59 Å². The van der Waals surface area contributed by atoms with E-state index in [0.717, 1.165) is 35.1 Å². The number of hydrazone groups is 2. The molecular weight excluding hydrogens is 364 g/mol. The highest BCUT2D eigenvalue weighted by Crippen LogP contribution is 2.49. The van der Waals surface area contributed by atoms with E-state index in [1.807, 2.05) is 13.8 Å². The highest BCUT2D eigenvalue weighted by molar-refractivity contribution is 5.88. The van der Waals surface area contributed by atoms with Gasteiger partial charge in [0.2, 0.25) is 11.8 Å². The summed E-state index contributed by atoms with van der Waals surface area (Å²) in [6.07, 6.45) is 11.7. The molecule has 6 atom stereocenters. The van der Waals surface area contributed by atoms with Gasteiger partial charge in [-0.05, 0) is 82.5 Å². The predicted molar refractivity (Wildman–Crippen MR) is 114 cm³/mol. The molecule has 0 aromatic heterocycles. The van der Waals surface area contributed by atoms with Crippen LogP contribution in [0.15, 0.2) is 10.2 Å². The van der Waals surface area contributed by atoms with Crippen LogP contribution in [0.3, 0.4) is 0 Å². The second kappa shape index (κ2) is 8.97. The molecule has 4 bridgehead atoms. The Kier molecular flexibility index (Phi) is 6.35. The van der Waals surface area contributed by atoms with Gasteiger partial charge in [0.05, 0.1) is 0 Å². The molecule has 0 saturated heterocycles. The number of carbonyl (C=O) groups excluding carboxylic acids is 2. The van der Waals surface area contributed by atoms with E-state index < -0.39 is 0 Å². The number of amides is 2. The normalized spacial score (nSPS) is 35.9. The average Bonchev–Trinajstić information content (AvgIpc) is 3.51. The molecule has 4 aliphatic carbocycles. The molecule has 4 rings (SSSR count). The summed E-state index contributed by atoms with van der Waals surface area (Å²) in [4.78, 5) is 24.1. The van der Waals surface area contributed by atoms with Crippen molar-refractivity contribution in [2.75, 3.05) is 0 Å². The Bertz CT molecular complexity index is 643. The molecule has 4 aliphatic rings. The molecule has 2 N–H and O–H groups in total. The first-order valence-corrected chi connectivity index (χ1v) is 11.7. The maximum absolute atomic E-state index is 12.0. The topological polar surface area (TPSA) is 82.9 Å². The molecule has 4 fully saturated rings. The lowest BCUT2D eigenvalue weighted by Gasteiger charge is -2.21. The molecule has 2 amide bonds. The zero-order valence-corrected chi connectivity index (χ0v) is 18.0. The number of fused-ring (bicyclic) bond motifs is 4. The third-order valence-corrected chi connectivity index (χ3v) is 8.07. The molecule has 0 spiro atoms. The van der Waals surface area contributed by atoms with Gasteiger partial charge in [0, 0.05) is 36.1 Å². The fourth-order valence-electron chi connectivity index (χ4n) is 6.50. The summed E-state index contributed by atoms with van der Waals surface area (Å²) in [6.45, 7) is 4.07. The van der Waals surface area contributed by atoms with E-state index in [9.17, 15) is 9.59 Å². The molecule has 0 heterocycles. The Morgan fingerprint density at radius 2 is 1.17 bits per heavy atom. The first-order chi connectivity index (χ1) is 14.0. The third kappa shape index (κ3) is 4.89. The molecule has 0 aliphatic heterocycles. The zero-order chi connectivity index (χ0) is 20.4. The van der Waals surface area contributed by atoms with Crippen LogP contribution in [0, 0.1) is 35.5 Å². The van der Waals surface area contributed by atoms with Crippen LogP contribution in [0.25, 0.3) is 0 Å². The van der Waals surface area contributed by atoms with E-state index in [2.05, 4.69) is 21.1 Å². The summed E-state index contributed by atoms with van der Waals surface area (Å²) in [6, 6.07) is 0. The van der Waals surface area contributed by atoms with Gasteiger partial charge < -0.3 is 0 Å². The largest absolute Gasteiger partial charge is 0.273 e. The number of hydrogen-bond donors (Lipinski definition) is 2. The second-order valence-electron chi connectivity index (χ2n) is 9.99. The van der Waals surface area contributed by atoms with Gasteiger partial charge in [0.25, 0.3) is 0 Å². The molecule has 6 heteroatoms. The van der Waals surface area contributed by atoms with E-state index in [-0.39, 0.29) is 11.8 Å². The van der Waals surface area contributed by atoms with Crippen LogP contribution in [-0.4, -0.2) is 23.2 Å². The molecule has 4 saturated carbocycles. The van der Waals surface area contributed by atoms with E-state index in [1.165, 1.54) is 51.4 Å². The Morgan fingerprint density at radius 1 is 0.724 bits per heavy atom. The van der Waals surface area contributed by atoms with Gasteiger partial charge in [-0.25, -0.2) is 10.9 Å². The van der Waals surface area contributed by atoms with Crippen molar-refractivity contribution in [3.8, 4) is 0 Å².